The molecule has 1 heterocycles. The highest BCUT2D eigenvalue weighted by Crippen LogP contribution is 2.14. The lowest BCUT2D eigenvalue weighted by Crippen LogP contribution is -2.29. The third-order valence-electron chi connectivity index (χ3n) is 2.84. The van der Waals surface area contributed by atoms with Crippen molar-refractivity contribution in [2.45, 2.75) is 19.1 Å². The van der Waals surface area contributed by atoms with Gasteiger partial charge in [-0.3, -0.25) is 0 Å². The summed E-state index contributed by atoms with van der Waals surface area (Å²) in [5.41, 5.74) is 9.28. The molecule has 1 aliphatic rings. The zero-order valence-electron chi connectivity index (χ0n) is 9.90. The summed E-state index contributed by atoms with van der Waals surface area (Å²) in [5.74, 6) is 0. The highest BCUT2D eigenvalue weighted by molar-refractivity contribution is 5.68. The molecule has 1 saturated heterocycles. The Hall–Kier alpha value is -2.20. The Balaban J connectivity index is 1.81. The summed E-state index contributed by atoms with van der Waals surface area (Å²) in [6.45, 7) is 1.29. The Kier molecular flexibility index (Phi) is 4.04. The van der Waals surface area contributed by atoms with E-state index in [1.54, 1.807) is 4.90 Å². The lowest BCUT2D eigenvalue weighted by Gasteiger charge is -2.15. The van der Waals surface area contributed by atoms with Gasteiger partial charge in [0.2, 0.25) is 0 Å². The topological polar surface area (TPSA) is 78.3 Å². The second-order valence-corrected chi connectivity index (χ2v) is 4.13. The molecule has 18 heavy (non-hydrogen) atoms. The van der Waals surface area contributed by atoms with Crippen LogP contribution >= 0.6 is 0 Å². The van der Waals surface area contributed by atoms with Crippen molar-refractivity contribution >= 4 is 6.09 Å². The molecular formula is C12H14N4O2. The molecule has 1 aliphatic heterocycles. The maximum absolute atomic E-state index is 11.7. The Morgan fingerprint density at radius 3 is 3.00 bits per heavy atom. The van der Waals surface area contributed by atoms with Gasteiger partial charge in [0.25, 0.3) is 0 Å². The second kappa shape index (κ2) is 5.93. The fourth-order valence-electron chi connectivity index (χ4n) is 1.89. The van der Waals surface area contributed by atoms with E-state index in [1.165, 1.54) is 0 Å². The molecule has 1 amide bonds. The fraction of sp³-hybridized carbons (Fsp3) is 0.417. The highest BCUT2D eigenvalue weighted by Gasteiger charge is 2.26. The molecule has 0 radical (unpaired) electrons. The average Bonchev–Trinajstić information content (AvgIpc) is 2.86. The van der Waals surface area contributed by atoms with Crippen molar-refractivity contribution < 1.29 is 9.53 Å². The van der Waals surface area contributed by atoms with E-state index < -0.39 is 0 Å². The van der Waals surface area contributed by atoms with Crippen LogP contribution in [0.4, 0.5) is 4.79 Å². The number of likely N-dealkylation sites (tertiary alicyclic amines) is 1. The van der Waals surface area contributed by atoms with Crippen LogP contribution in [-0.4, -0.2) is 30.1 Å². The maximum atomic E-state index is 11.7. The van der Waals surface area contributed by atoms with Crippen LogP contribution < -0.4 is 0 Å². The lowest BCUT2D eigenvalue weighted by molar-refractivity contribution is 0.104. The largest absolute Gasteiger partial charge is 0.445 e. The van der Waals surface area contributed by atoms with Gasteiger partial charge in [-0.15, -0.1) is 0 Å². The van der Waals surface area contributed by atoms with E-state index >= 15 is 0 Å². The monoisotopic (exact) mass is 246 g/mol. The van der Waals surface area contributed by atoms with Gasteiger partial charge in [-0.2, -0.15) is 0 Å². The van der Waals surface area contributed by atoms with Gasteiger partial charge in [0, 0.05) is 18.0 Å². The molecule has 0 spiro atoms. The zero-order valence-corrected chi connectivity index (χ0v) is 9.90. The van der Waals surface area contributed by atoms with E-state index in [0.717, 1.165) is 5.56 Å². The predicted octanol–water partition coefficient (Wildman–Crippen LogP) is 2.71. The minimum atomic E-state index is -0.352. The number of hydrogen-bond acceptors (Lipinski definition) is 3. The Labute approximate surface area is 105 Å². The van der Waals surface area contributed by atoms with Crippen molar-refractivity contribution in [3.63, 3.8) is 0 Å². The van der Waals surface area contributed by atoms with Crippen molar-refractivity contribution in [1.82, 2.24) is 4.90 Å². The molecule has 1 fully saturated rings. The molecule has 2 rings (SSSR count). The van der Waals surface area contributed by atoms with Gasteiger partial charge in [0.05, 0.1) is 6.04 Å². The molecule has 6 heteroatoms. The fourth-order valence-corrected chi connectivity index (χ4v) is 1.89. The van der Waals surface area contributed by atoms with Gasteiger partial charge >= 0.3 is 6.09 Å². The molecule has 0 saturated carbocycles. The number of nitrogens with zero attached hydrogens (tertiary/aromatic N) is 4. The predicted molar refractivity (Wildman–Crippen MR) is 65.8 cm³/mol. The molecule has 0 aliphatic carbocycles. The summed E-state index contributed by atoms with van der Waals surface area (Å²) in [4.78, 5) is 16.1. The van der Waals surface area contributed by atoms with E-state index in [4.69, 9.17) is 10.3 Å². The molecule has 1 aromatic carbocycles. The standard InChI is InChI=1S/C12H14N4O2/c13-15-14-11-6-7-16(8-11)12(17)18-9-10-4-2-1-3-5-10/h1-5,11H,6-9H2. The maximum Gasteiger partial charge on any atom is 0.410 e. The minimum Gasteiger partial charge on any atom is -0.445 e. The van der Waals surface area contributed by atoms with Gasteiger partial charge < -0.3 is 9.64 Å². The first-order valence-corrected chi connectivity index (χ1v) is 5.79. The molecule has 1 atom stereocenters. The van der Waals surface area contributed by atoms with Crippen LogP contribution in [0.2, 0.25) is 0 Å². The third kappa shape index (κ3) is 3.15. The second-order valence-electron chi connectivity index (χ2n) is 4.13. The van der Waals surface area contributed by atoms with Crippen LogP contribution in [0.1, 0.15) is 12.0 Å². The van der Waals surface area contributed by atoms with Crippen molar-refractivity contribution in [3.05, 3.63) is 46.3 Å². The molecule has 6 nitrogen and oxygen atoms in total. The minimum absolute atomic E-state index is 0.126. The van der Waals surface area contributed by atoms with Crippen LogP contribution in [0.3, 0.4) is 0 Å². The van der Waals surface area contributed by atoms with Crippen molar-refractivity contribution in [2.24, 2.45) is 5.11 Å². The third-order valence-corrected chi connectivity index (χ3v) is 2.84. The Bertz CT molecular complexity index is 456. The molecule has 0 bridgehead atoms. The summed E-state index contributed by atoms with van der Waals surface area (Å²) < 4.78 is 5.19. The number of amides is 1. The van der Waals surface area contributed by atoms with E-state index in [9.17, 15) is 4.79 Å². The Morgan fingerprint density at radius 1 is 1.50 bits per heavy atom. The first kappa shape index (κ1) is 12.3. The van der Waals surface area contributed by atoms with E-state index in [0.29, 0.717) is 19.5 Å². The van der Waals surface area contributed by atoms with Crippen LogP contribution in [-0.2, 0) is 11.3 Å². The zero-order chi connectivity index (χ0) is 12.8. The number of benzene rings is 1. The summed E-state index contributed by atoms with van der Waals surface area (Å²) in [6.07, 6.45) is 0.347. The lowest BCUT2D eigenvalue weighted by atomic mass is 10.2. The summed E-state index contributed by atoms with van der Waals surface area (Å²) in [6, 6.07) is 9.39. The van der Waals surface area contributed by atoms with E-state index in [-0.39, 0.29) is 18.7 Å². The van der Waals surface area contributed by atoms with Gasteiger partial charge in [0.1, 0.15) is 6.61 Å². The normalized spacial score (nSPS) is 18.2. The smallest absolute Gasteiger partial charge is 0.410 e. The van der Waals surface area contributed by atoms with E-state index in [1.807, 2.05) is 30.3 Å². The summed E-state index contributed by atoms with van der Waals surface area (Å²) >= 11 is 0. The van der Waals surface area contributed by atoms with Gasteiger partial charge in [-0.1, -0.05) is 35.4 Å². The summed E-state index contributed by atoms with van der Waals surface area (Å²) in [5, 5.41) is 3.61. The number of rotatable bonds is 3. The quantitative estimate of drug-likeness (QED) is 0.467. The van der Waals surface area contributed by atoms with Crippen molar-refractivity contribution in [3.8, 4) is 0 Å². The SMILES string of the molecule is [N-]=[N+]=NC1CCN(C(=O)OCc2ccccc2)C1. The van der Waals surface area contributed by atoms with Crippen LogP contribution in [0.15, 0.2) is 35.4 Å². The number of carbonyl (C=O) groups excluding carboxylic acids is 1. The first-order chi connectivity index (χ1) is 8.79. The summed E-state index contributed by atoms with van der Waals surface area (Å²) in [7, 11) is 0. The van der Waals surface area contributed by atoms with E-state index in [2.05, 4.69) is 10.0 Å². The molecule has 1 unspecified atom stereocenters. The van der Waals surface area contributed by atoms with Gasteiger partial charge in [0.15, 0.2) is 0 Å². The molecular weight excluding hydrogens is 232 g/mol. The van der Waals surface area contributed by atoms with Crippen molar-refractivity contribution in [2.75, 3.05) is 13.1 Å². The number of carbonyl (C=O) groups is 1. The van der Waals surface area contributed by atoms with Crippen molar-refractivity contribution in [1.29, 1.82) is 0 Å². The average molecular weight is 246 g/mol. The first-order valence-electron chi connectivity index (χ1n) is 5.79. The number of azide groups is 1. The molecule has 0 N–H and O–H groups in total. The van der Waals surface area contributed by atoms with Gasteiger partial charge in [-0.25, -0.2) is 4.79 Å². The van der Waals surface area contributed by atoms with Crippen LogP contribution in [0, 0.1) is 0 Å². The molecule has 0 aromatic heterocycles. The van der Waals surface area contributed by atoms with Crippen LogP contribution in [0.25, 0.3) is 10.4 Å². The van der Waals surface area contributed by atoms with Gasteiger partial charge in [-0.05, 0) is 17.5 Å². The highest BCUT2D eigenvalue weighted by atomic mass is 16.6. The number of hydrogen-bond donors (Lipinski definition) is 0. The number of ether oxygens (including phenoxy) is 1. The molecule has 94 valence electrons. The Morgan fingerprint density at radius 2 is 2.28 bits per heavy atom. The van der Waals surface area contributed by atoms with Crippen LogP contribution in [0.5, 0.6) is 0 Å². The molecule has 1 aromatic rings.